The lowest BCUT2D eigenvalue weighted by Gasteiger charge is -2.37. The number of carbonyl (C=O) groups excluding carboxylic acids is 3. The molecule has 0 radical (unpaired) electrons. The Kier molecular flexibility index (Phi) is 7.11. The van der Waals surface area contributed by atoms with Crippen LogP contribution in [0.2, 0.25) is 0 Å². The van der Waals surface area contributed by atoms with Crippen molar-refractivity contribution in [3.8, 4) is 5.75 Å². The molecule has 1 aromatic carbocycles. The molecule has 35 heavy (non-hydrogen) atoms. The number of aliphatic hydroxyl groups excluding tert-OH is 1. The second-order valence-electron chi connectivity index (χ2n) is 9.83. The highest BCUT2D eigenvalue weighted by atomic mass is 16.5. The van der Waals surface area contributed by atoms with Crippen LogP contribution in [0.15, 0.2) is 24.3 Å². The molecule has 3 amide bonds. The molecule has 3 aliphatic rings. The molecule has 4 rings (SSSR count). The molecule has 1 spiro atoms. The Morgan fingerprint density at radius 2 is 1.91 bits per heavy atom. The van der Waals surface area contributed by atoms with E-state index in [9.17, 15) is 19.5 Å². The van der Waals surface area contributed by atoms with Gasteiger partial charge in [0.25, 0.3) is 0 Å². The third-order valence-electron chi connectivity index (χ3n) is 8.13. The van der Waals surface area contributed by atoms with Crippen molar-refractivity contribution in [1.82, 2.24) is 10.2 Å². The number of nitrogens with one attached hydrogen (secondary N) is 2. The van der Waals surface area contributed by atoms with E-state index in [4.69, 9.17) is 9.47 Å². The molecule has 3 saturated heterocycles. The predicted molar refractivity (Wildman–Crippen MR) is 130 cm³/mol. The Balaban J connectivity index is 1.74. The molecule has 2 unspecified atom stereocenters. The lowest BCUT2D eigenvalue weighted by atomic mass is 9.65. The maximum Gasteiger partial charge on any atom is 0.250 e. The molecule has 6 atom stereocenters. The summed E-state index contributed by atoms with van der Waals surface area (Å²) in [6.45, 7) is 6.06. The maximum atomic E-state index is 14.0. The van der Waals surface area contributed by atoms with Crippen LogP contribution in [0.25, 0.3) is 0 Å². The largest absolute Gasteiger partial charge is 0.497 e. The summed E-state index contributed by atoms with van der Waals surface area (Å²) in [4.78, 5) is 42.7. The van der Waals surface area contributed by atoms with Crippen LogP contribution in [0.3, 0.4) is 0 Å². The molecule has 3 heterocycles. The van der Waals surface area contributed by atoms with Crippen LogP contribution in [0.4, 0.5) is 5.69 Å². The average molecular weight is 488 g/mol. The number of amides is 3. The summed E-state index contributed by atoms with van der Waals surface area (Å²) in [5, 5.41) is 16.0. The van der Waals surface area contributed by atoms with Gasteiger partial charge in [0.05, 0.1) is 37.2 Å². The van der Waals surface area contributed by atoms with Crippen LogP contribution in [-0.4, -0.2) is 71.3 Å². The topological polar surface area (TPSA) is 117 Å². The number of hydrogen-bond donors (Lipinski definition) is 3. The standard InChI is InChI=1S/C26H37N3O6/c1-5-14-27-22(31)19-20-24(33)29(17(6-2)15-30)21(26(20)13-12-25(19,7-3)35-26)23(32)28-16-8-10-18(34-4)11-9-16/h8-11,17,19-21,30H,5-7,12-15H2,1-4H3,(H,27,31)(H,28,32)/t17-,19-,20-,21?,25+,26?/m0/s1. The molecule has 2 bridgehead atoms. The zero-order valence-corrected chi connectivity index (χ0v) is 21.0. The minimum atomic E-state index is -1.11. The first kappa shape index (κ1) is 25.4. The van der Waals surface area contributed by atoms with Crippen LogP contribution >= 0.6 is 0 Å². The van der Waals surface area contributed by atoms with E-state index in [0.717, 1.165) is 6.42 Å². The second kappa shape index (κ2) is 9.78. The number of likely N-dealkylation sites (tertiary alicyclic amines) is 1. The number of carbonyl (C=O) groups is 3. The van der Waals surface area contributed by atoms with Gasteiger partial charge in [0.15, 0.2) is 0 Å². The number of ether oxygens (including phenoxy) is 2. The number of hydrogen-bond acceptors (Lipinski definition) is 6. The molecule has 9 heteroatoms. The fourth-order valence-corrected chi connectivity index (χ4v) is 6.40. The van der Waals surface area contributed by atoms with Crippen LogP contribution in [-0.2, 0) is 19.1 Å². The monoisotopic (exact) mass is 487 g/mol. The summed E-state index contributed by atoms with van der Waals surface area (Å²) in [6, 6.07) is 5.46. The van der Waals surface area contributed by atoms with Crippen molar-refractivity contribution >= 4 is 23.4 Å². The van der Waals surface area contributed by atoms with E-state index in [2.05, 4.69) is 10.6 Å². The van der Waals surface area contributed by atoms with Crippen molar-refractivity contribution < 1.29 is 29.0 Å². The molecule has 9 nitrogen and oxygen atoms in total. The molecule has 3 N–H and O–H groups in total. The lowest BCUT2D eigenvalue weighted by molar-refractivity contribution is -0.149. The zero-order chi connectivity index (χ0) is 25.4. The summed E-state index contributed by atoms with van der Waals surface area (Å²) in [5.41, 5.74) is -1.32. The van der Waals surface area contributed by atoms with E-state index in [1.165, 1.54) is 4.90 Å². The first-order valence-electron chi connectivity index (χ1n) is 12.7. The summed E-state index contributed by atoms with van der Waals surface area (Å²) in [6.07, 6.45) is 2.95. The Morgan fingerprint density at radius 1 is 1.20 bits per heavy atom. The van der Waals surface area contributed by atoms with E-state index >= 15 is 0 Å². The number of nitrogens with zero attached hydrogens (tertiary/aromatic N) is 1. The van der Waals surface area contributed by atoms with Crippen molar-refractivity contribution in [3.63, 3.8) is 0 Å². The molecule has 0 saturated carbocycles. The Morgan fingerprint density at radius 3 is 2.49 bits per heavy atom. The minimum Gasteiger partial charge on any atom is -0.497 e. The fraction of sp³-hybridized carbons (Fsp3) is 0.654. The number of anilines is 1. The molecular weight excluding hydrogens is 450 g/mol. The van der Waals surface area contributed by atoms with Gasteiger partial charge in [-0.15, -0.1) is 0 Å². The Labute approximate surface area is 206 Å². The third-order valence-corrected chi connectivity index (χ3v) is 8.13. The highest BCUT2D eigenvalue weighted by molar-refractivity contribution is 6.04. The van der Waals surface area contributed by atoms with E-state index < -0.39 is 35.1 Å². The van der Waals surface area contributed by atoms with Gasteiger partial charge in [-0.2, -0.15) is 0 Å². The van der Waals surface area contributed by atoms with Crippen molar-refractivity contribution in [2.45, 2.75) is 76.2 Å². The van der Waals surface area contributed by atoms with Gasteiger partial charge in [0, 0.05) is 12.2 Å². The predicted octanol–water partition coefficient (Wildman–Crippen LogP) is 2.09. The Bertz CT molecular complexity index is 964. The van der Waals surface area contributed by atoms with Crippen LogP contribution in [0, 0.1) is 11.8 Å². The van der Waals surface area contributed by atoms with Crippen molar-refractivity contribution in [3.05, 3.63) is 24.3 Å². The van der Waals surface area contributed by atoms with Crippen molar-refractivity contribution in [2.75, 3.05) is 25.6 Å². The molecule has 192 valence electrons. The summed E-state index contributed by atoms with van der Waals surface area (Å²) >= 11 is 0. The maximum absolute atomic E-state index is 14.0. The average Bonchev–Trinajstić information content (AvgIpc) is 3.48. The minimum absolute atomic E-state index is 0.193. The fourth-order valence-electron chi connectivity index (χ4n) is 6.40. The van der Waals surface area contributed by atoms with Gasteiger partial charge in [0.1, 0.15) is 17.4 Å². The van der Waals surface area contributed by atoms with Gasteiger partial charge in [-0.3, -0.25) is 14.4 Å². The molecule has 1 aromatic rings. The normalized spacial score (nSPS) is 31.9. The van der Waals surface area contributed by atoms with E-state index in [1.807, 2.05) is 20.8 Å². The van der Waals surface area contributed by atoms with Gasteiger partial charge in [0.2, 0.25) is 17.7 Å². The van der Waals surface area contributed by atoms with Crippen LogP contribution < -0.4 is 15.4 Å². The SMILES string of the molecule is CCCNC(=O)[C@@H]1[C@H]2C(=O)N([C@@H](CC)CO)C(C(=O)Nc3ccc(OC)cc3)C23CC[C@@]1(CC)O3. The van der Waals surface area contributed by atoms with Gasteiger partial charge in [-0.25, -0.2) is 0 Å². The van der Waals surface area contributed by atoms with E-state index in [1.54, 1.807) is 31.4 Å². The first-order valence-corrected chi connectivity index (χ1v) is 12.7. The number of aliphatic hydroxyl groups is 1. The van der Waals surface area contributed by atoms with E-state index in [0.29, 0.717) is 43.7 Å². The molecular formula is C26H37N3O6. The molecule has 0 aromatic heterocycles. The first-order chi connectivity index (χ1) is 16.8. The van der Waals surface area contributed by atoms with Crippen molar-refractivity contribution in [2.24, 2.45) is 11.8 Å². The van der Waals surface area contributed by atoms with Gasteiger partial charge in [-0.1, -0.05) is 20.8 Å². The highest BCUT2D eigenvalue weighted by Crippen LogP contribution is 2.64. The van der Waals surface area contributed by atoms with Crippen LogP contribution in [0.1, 0.15) is 52.9 Å². The molecule has 3 aliphatic heterocycles. The zero-order valence-electron chi connectivity index (χ0n) is 21.0. The summed E-state index contributed by atoms with van der Waals surface area (Å²) < 4.78 is 11.9. The molecule has 0 aliphatic carbocycles. The summed E-state index contributed by atoms with van der Waals surface area (Å²) in [7, 11) is 1.57. The smallest absolute Gasteiger partial charge is 0.250 e. The van der Waals surface area contributed by atoms with E-state index in [-0.39, 0.29) is 24.3 Å². The summed E-state index contributed by atoms with van der Waals surface area (Å²) in [5.74, 6) is -1.62. The van der Waals surface area contributed by atoms with Gasteiger partial charge >= 0.3 is 0 Å². The third kappa shape index (κ3) is 3.89. The number of fused-ring (bicyclic) bond motifs is 1. The van der Waals surface area contributed by atoms with Gasteiger partial charge < -0.3 is 30.1 Å². The van der Waals surface area contributed by atoms with Gasteiger partial charge in [-0.05, 0) is 56.4 Å². The second-order valence-corrected chi connectivity index (χ2v) is 9.83. The Hall–Kier alpha value is -2.65. The van der Waals surface area contributed by atoms with Crippen LogP contribution in [0.5, 0.6) is 5.75 Å². The lowest BCUT2D eigenvalue weighted by Crippen LogP contribution is -2.56. The number of benzene rings is 1. The number of rotatable bonds is 10. The quantitative estimate of drug-likeness (QED) is 0.465. The van der Waals surface area contributed by atoms with Crippen molar-refractivity contribution in [1.29, 1.82) is 0 Å². The molecule has 3 fully saturated rings. The number of methoxy groups -OCH3 is 1. The highest BCUT2D eigenvalue weighted by Gasteiger charge is 2.79.